The Morgan fingerprint density at radius 1 is 0.739 bits per heavy atom. The average molecular weight is 619 g/mol. The van der Waals surface area contributed by atoms with Crippen molar-refractivity contribution in [3.63, 3.8) is 0 Å². The van der Waals surface area contributed by atoms with E-state index in [1.165, 1.54) is 33.6 Å². The van der Waals surface area contributed by atoms with Crippen molar-refractivity contribution in [2.75, 3.05) is 6.61 Å². The van der Waals surface area contributed by atoms with Gasteiger partial charge < -0.3 is 9.47 Å². The molecule has 0 saturated heterocycles. The van der Waals surface area contributed by atoms with Gasteiger partial charge in [-0.1, -0.05) is 42.5 Å². The third kappa shape index (κ3) is 5.68. The zero-order valence-electron chi connectivity index (χ0n) is 25.4. The Hall–Kier alpha value is -5.90. The molecule has 0 atom stereocenters. The van der Waals surface area contributed by atoms with Gasteiger partial charge in [0, 0.05) is 17.3 Å². The monoisotopic (exact) mass is 618 g/mol. The van der Waals surface area contributed by atoms with Crippen LogP contribution in [-0.4, -0.2) is 32.1 Å². The second-order valence-corrected chi connectivity index (χ2v) is 10.7. The van der Waals surface area contributed by atoms with Crippen molar-refractivity contribution in [3.05, 3.63) is 163 Å². The molecular formula is C36H31FN4O5. The van der Waals surface area contributed by atoms with Gasteiger partial charge in [0.2, 0.25) is 0 Å². The number of para-hydroxylation sites is 2. The van der Waals surface area contributed by atoms with Crippen LogP contribution in [0, 0.1) is 19.7 Å². The fourth-order valence-corrected chi connectivity index (χ4v) is 5.60. The number of carbonyl (C=O) groups excluding carboxylic acids is 1. The van der Waals surface area contributed by atoms with Gasteiger partial charge >= 0.3 is 5.97 Å². The van der Waals surface area contributed by atoms with Crippen molar-refractivity contribution in [1.82, 2.24) is 19.6 Å². The molecule has 10 heteroatoms. The van der Waals surface area contributed by atoms with Gasteiger partial charge in [-0.15, -0.1) is 0 Å². The van der Waals surface area contributed by atoms with Gasteiger partial charge in [-0.05, 0) is 87.0 Å². The minimum atomic E-state index is -0.830. The van der Waals surface area contributed by atoms with E-state index in [0.717, 1.165) is 0 Å². The first kappa shape index (κ1) is 30.1. The normalized spacial score (nSPS) is 11.2. The molecule has 46 heavy (non-hydrogen) atoms. The van der Waals surface area contributed by atoms with Crippen LogP contribution in [0.2, 0.25) is 0 Å². The Balaban J connectivity index is 1.52. The van der Waals surface area contributed by atoms with Gasteiger partial charge in [0.05, 0.1) is 34.7 Å². The lowest BCUT2D eigenvalue weighted by Crippen LogP contribution is -2.25. The van der Waals surface area contributed by atoms with Crippen LogP contribution in [0.3, 0.4) is 0 Å². The van der Waals surface area contributed by atoms with Crippen LogP contribution in [0.4, 0.5) is 4.39 Å². The quantitative estimate of drug-likeness (QED) is 0.148. The number of hydrogen-bond donors (Lipinski definition) is 2. The van der Waals surface area contributed by atoms with E-state index >= 15 is 0 Å². The van der Waals surface area contributed by atoms with Crippen LogP contribution in [0.5, 0.6) is 11.5 Å². The van der Waals surface area contributed by atoms with E-state index in [4.69, 9.17) is 9.47 Å². The molecular weight excluding hydrogens is 587 g/mol. The molecule has 4 aromatic carbocycles. The highest BCUT2D eigenvalue weighted by Gasteiger charge is 2.32. The molecule has 6 rings (SSSR count). The predicted molar refractivity (Wildman–Crippen MR) is 172 cm³/mol. The number of nitrogens with zero attached hydrogens (tertiary/aromatic N) is 2. The summed E-state index contributed by atoms with van der Waals surface area (Å²) in [7, 11) is 0. The highest BCUT2D eigenvalue weighted by molar-refractivity contribution is 5.91. The first-order valence-corrected chi connectivity index (χ1v) is 14.7. The van der Waals surface area contributed by atoms with Crippen LogP contribution in [0.15, 0.2) is 113 Å². The van der Waals surface area contributed by atoms with Gasteiger partial charge in [-0.25, -0.2) is 18.5 Å². The number of nitrogens with one attached hydrogen (secondary N) is 2. The van der Waals surface area contributed by atoms with Crippen molar-refractivity contribution in [3.8, 4) is 22.9 Å². The number of H-pyrrole nitrogens is 2. The molecule has 2 heterocycles. The summed E-state index contributed by atoms with van der Waals surface area (Å²) in [5.74, 6) is -1.61. The molecule has 0 aliphatic carbocycles. The van der Waals surface area contributed by atoms with Crippen molar-refractivity contribution in [1.29, 1.82) is 0 Å². The Kier molecular flexibility index (Phi) is 8.26. The first-order valence-electron chi connectivity index (χ1n) is 14.7. The van der Waals surface area contributed by atoms with Crippen LogP contribution >= 0.6 is 0 Å². The minimum Gasteiger partial charge on any atom is -0.490 e. The fraction of sp³-hybridized carbons (Fsp3) is 0.139. The highest BCUT2D eigenvalue weighted by Crippen LogP contribution is 2.38. The smallest absolute Gasteiger partial charge is 0.343 e. The van der Waals surface area contributed by atoms with E-state index in [1.807, 2.05) is 60.7 Å². The molecule has 0 unspecified atom stereocenters. The molecule has 232 valence electrons. The van der Waals surface area contributed by atoms with E-state index in [-0.39, 0.29) is 34.8 Å². The van der Waals surface area contributed by atoms with Crippen molar-refractivity contribution >= 4 is 5.97 Å². The predicted octanol–water partition coefficient (Wildman–Crippen LogP) is 6.20. The van der Waals surface area contributed by atoms with Gasteiger partial charge in [0.1, 0.15) is 5.82 Å². The molecule has 0 radical (unpaired) electrons. The lowest BCUT2D eigenvalue weighted by Gasteiger charge is -2.18. The molecule has 2 N–H and O–H groups in total. The van der Waals surface area contributed by atoms with Crippen molar-refractivity contribution in [2.45, 2.75) is 26.7 Å². The number of ether oxygens (including phenoxy) is 2. The molecule has 6 aromatic rings. The number of aromatic nitrogens is 4. The molecule has 2 aromatic heterocycles. The molecule has 0 bridgehead atoms. The number of aromatic amines is 2. The highest BCUT2D eigenvalue weighted by atomic mass is 19.1. The standard InChI is InChI=1S/C36H31FN4O5/c1-4-45-30-21-25(17-20-29(30)46-36(44)24-15-18-26(37)19-16-24)33(31-22(2)38-40(34(31)42)27-11-7-5-8-12-27)32-23(3)39-41(35(32)43)28-13-9-6-10-14-28/h5-21,33,38-39H,4H2,1-3H3. The number of hydrogen-bond acceptors (Lipinski definition) is 5. The Morgan fingerprint density at radius 3 is 1.76 bits per heavy atom. The number of rotatable bonds is 9. The van der Waals surface area contributed by atoms with Crippen molar-refractivity contribution < 1.29 is 18.7 Å². The van der Waals surface area contributed by atoms with Crippen LogP contribution in [0.25, 0.3) is 11.4 Å². The first-order chi connectivity index (χ1) is 22.3. The van der Waals surface area contributed by atoms with Gasteiger partial charge in [-0.2, -0.15) is 0 Å². The topological polar surface area (TPSA) is 111 Å². The second-order valence-electron chi connectivity index (χ2n) is 10.7. The molecule has 0 aliphatic heterocycles. The van der Waals surface area contributed by atoms with E-state index in [2.05, 4.69) is 10.2 Å². The summed E-state index contributed by atoms with van der Waals surface area (Å²) < 4.78 is 27.9. The number of carbonyl (C=O) groups is 1. The number of halogens is 1. The zero-order chi connectivity index (χ0) is 32.4. The SMILES string of the molecule is CCOc1cc(C(c2c(C)[nH]n(-c3ccccc3)c2=O)c2c(C)[nH]n(-c3ccccc3)c2=O)ccc1OC(=O)c1ccc(F)cc1. The third-order valence-electron chi connectivity index (χ3n) is 7.72. The summed E-state index contributed by atoms with van der Waals surface area (Å²) >= 11 is 0. The summed E-state index contributed by atoms with van der Waals surface area (Å²) in [6.07, 6.45) is 0. The molecule has 0 fully saturated rings. The molecule has 0 amide bonds. The number of esters is 1. The number of benzene rings is 4. The average Bonchev–Trinajstić information content (AvgIpc) is 3.53. The summed E-state index contributed by atoms with van der Waals surface area (Å²) in [5, 5.41) is 6.37. The van der Waals surface area contributed by atoms with Crippen LogP contribution in [-0.2, 0) is 0 Å². The lowest BCUT2D eigenvalue weighted by molar-refractivity contribution is 0.0728. The van der Waals surface area contributed by atoms with E-state index in [0.29, 0.717) is 39.5 Å². The van der Waals surface area contributed by atoms with E-state index in [1.54, 1.807) is 39.0 Å². The summed E-state index contributed by atoms with van der Waals surface area (Å²) in [6, 6.07) is 28.3. The summed E-state index contributed by atoms with van der Waals surface area (Å²) in [4.78, 5) is 41.2. The zero-order valence-corrected chi connectivity index (χ0v) is 25.4. The van der Waals surface area contributed by atoms with Gasteiger partial charge in [0.25, 0.3) is 11.1 Å². The van der Waals surface area contributed by atoms with E-state index in [9.17, 15) is 18.8 Å². The van der Waals surface area contributed by atoms with Crippen molar-refractivity contribution in [2.24, 2.45) is 0 Å². The second kappa shape index (κ2) is 12.6. The van der Waals surface area contributed by atoms with Crippen LogP contribution in [0.1, 0.15) is 51.3 Å². The third-order valence-corrected chi connectivity index (χ3v) is 7.72. The maximum absolute atomic E-state index is 14.2. The lowest BCUT2D eigenvalue weighted by atomic mass is 9.85. The Labute approximate surface area is 263 Å². The van der Waals surface area contributed by atoms with E-state index < -0.39 is 17.7 Å². The van der Waals surface area contributed by atoms with Gasteiger partial charge in [0.15, 0.2) is 11.5 Å². The maximum atomic E-state index is 14.2. The number of aryl methyl sites for hydroxylation is 2. The Morgan fingerprint density at radius 2 is 1.26 bits per heavy atom. The maximum Gasteiger partial charge on any atom is 0.343 e. The van der Waals surface area contributed by atoms with Crippen LogP contribution < -0.4 is 20.6 Å². The molecule has 0 spiro atoms. The fourth-order valence-electron chi connectivity index (χ4n) is 5.60. The minimum absolute atomic E-state index is 0.138. The summed E-state index contributed by atoms with van der Waals surface area (Å²) in [6.45, 7) is 5.63. The Bertz CT molecular complexity index is 2030. The molecule has 0 saturated carbocycles. The molecule has 0 aliphatic rings. The van der Waals surface area contributed by atoms with Gasteiger partial charge in [-0.3, -0.25) is 19.8 Å². The summed E-state index contributed by atoms with van der Waals surface area (Å²) in [5.41, 5.74) is 3.31. The largest absolute Gasteiger partial charge is 0.490 e. The molecule has 9 nitrogen and oxygen atoms in total.